The number of quaternary nitrogens is 1. The van der Waals surface area contributed by atoms with Gasteiger partial charge in [-0.2, -0.15) is 0 Å². The Hall–Kier alpha value is -2.63. The number of unbranched alkanes of at least 4 members (excludes halogenated alkanes) is 14. The second-order valence-corrected chi connectivity index (χ2v) is 17.8. The molecule has 0 amide bonds. The number of ether oxygens (including phenoxy) is 2. The summed E-state index contributed by atoms with van der Waals surface area (Å²) in [5, 5.41) is 8.97. The fraction of sp³-hybridized carbons (Fsp3) is 0.708. The molecular formula is C48H85NO10P+. The molecule has 2 unspecified atom stereocenters. The summed E-state index contributed by atoms with van der Waals surface area (Å²) in [7, 11) is 1.39. The van der Waals surface area contributed by atoms with Gasteiger partial charge in [0, 0.05) is 12.8 Å². The van der Waals surface area contributed by atoms with Crippen LogP contribution in [0.5, 0.6) is 0 Å². The molecule has 0 aromatic rings. The monoisotopic (exact) mass is 867 g/mol. The molecule has 0 aromatic heterocycles. The van der Waals surface area contributed by atoms with E-state index in [9.17, 15) is 19.0 Å². The highest BCUT2D eigenvalue weighted by molar-refractivity contribution is 7.47. The summed E-state index contributed by atoms with van der Waals surface area (Å²) in [6.07, 6.45) is 45.7. The maximum Gasteiger partial charge on any atom is 0.472 e. The van der Waals surface area contributed by atoms with E-state index in [0.717, 1.165) is 44.9 Å². The van der Waals surface area contributed by atoms with Gasteiger partial charge in [-0.1, -0.05) is 177 Å². The number of likely N-dealkylation sites (N-methyl/N-ethyl adjacent to an activating group) is 1. The third-order valence-electron chi connectivity index (χ3n) is 9.46. The van der Waals surface area contributed by atoms with E-state index >= 15 is 0 Å². The Morgan fingerprint density at radius 2 is 1.18 bits per heavy atom. The minimum absolute atomic E-state index is 0.00607. The average molecular weight is 867 g/mol. The molecule has 3 atom stereocenters. The van der Waals surface area contributed by atoms with E-state index in [1.807, 2.05) is 69.8 Å². The second kappa shape index (κ2) is 40.4. The minimum Gasteiger partial charge on any atom is -0.462 e. The fourth-order valence-electron chi connectivity index (χ4n) is 5.84. The number of carbonyl (C=O) groups is 2. The molecule has 0 heterocycles. The van der Waals surface area contributed by atoms with Crippen molar-refractivity contribution < 1.29 is 52.2 Å². The molecule has 0 spiro atoms. The SMILES string of the molecule is CC/C=C\CC(/C=C/C=C\C/C=C\C/C=C\C/C=C\CCC(=O)O[C@H](COC(=O)CCCCCCCCCCCCCCCCC)COP(=O)(O)OCC[N+](C)(C)C)OO. The zero-order chi connectivity index (χ0) is 44.4. The highest BCUT2D eigenvalue weighted by atomic mass is 31.2. The molecule has 0 bridgehead atoms. The number of phosphoric ester groups is 1. The molecule has 11 nitrogen and oxygen atoms in total. The van der Waals surface area contributed by atoms with Crippen LogP contribution in [0.15, 0.2) is 72.9 Å². The lowest BCUT2D eigenvalue weighted by atomic mass is 10.0. The van der Waals surface area contributed by atoms with E-state index in [4.69, 9.17) is 23.8 Å². The molecule has 0 fully saturated rings. The van der Waals surface area contributed by atoms with Gasteiger partial charge in [-0.05, 0) is 44.9 Å². The maximum absolute atomic E-state index is 12.7. The molecule has 0 saturated heterocycles. The smallest absolute Gasteiger partial charge is 0.462 e. The molecule has 0 rings (SSSR count). The van der Waals surface area contributed by atoms with Gasteiger partial charge < -0.3 is 18.9 Å². The van der Waals surface area contributed by atoms with Gasteiger partial charge in [-0.25, -0.2) is 9.45 Å². The van der Waals surface area contributed by atoms with Crippen LogP contribution in [0.4, 0.5) is 0 Å². The summed E-state index contributed by atoms with van der Waals surface area (Å²) < 4.78 is 34.2. The number of nitrogens with zero attached hydrogens (tertiary/aromatic N) is 1. The lowest BCUT2D eigenvalue weighted by Gasteiger charge is -2.24. The van der Waals surface area contributed by atoms with Crippen molar-refractivity contribution in [2.24, 2.45) is 0 Å². The Morgan fingerprint density at radius 1 is 0.633 bits per heavy atom. The second-order valence-electron chi connectivity index (χ2n) is 16.3. The van der Waals surface area contributed by atoms with Crippen molar-refractivity contribution in [1.82, 2.24) is 0 Å². The van der Waals surface area contributed by atoms with Gasteiger partial charge in [-0.3, -0.25) is 23.9 Å². The van der Waals surface area contributed by atoms with Crippen LogP contribution in [-0.2, 0) is 37.6 Å². The summed E-state index contributed by atoms with van der Waals surface area (Å²) >= 11 is 0. The van der Waals surface area contributed by atoms with Crippen molar-refractivity contribution in [2.75, 3.05) is 47.5 Å². The largest absolute Gasteiger partial charge is 0.472 e. The van der Waals surface area contributed by atoms with Crippen LogP contribution in [0.3, 0.4) is 0 Å². The van der Waals surface area contributed by atoms with Crippen LogP contribution in [0.25, 0.3) is 0 Å². The van der Waals surface area contributed by atoms with Crippen LogP contribution in [0.2, 0.25) is 0 Å². The zero-order valence-electron chi connectivity index (χ0n) is 38.2. The predicted molar refractivity (Wildman–Crippen MR) is 245 cm³/mol. The first-order valence-corrected chi connectivity index (χ1v) is 24.4. The number of hydrogen-bond acceptors (Lipinski definition) is 9. The number of phosphoric acid groups is 1. The van der Waals surface area contributed by atoms with E-state index in [-0.39, 0.29) is 32.2 Å². The van der Waals surface area contributed by atoms with Gasteiger partial charge in [0.2, 0.25) is 0 Å². The Labute approximate surface area is 365 Å². The quantitative estimate of drug-likeness (QED) is 0.00892. The molecule has 0 aliphatic rings. The van der Waals surface area contributed by atoms with Crippen LogP contribution < -0.4 is 0 Å². The fourth-order valence-corrected chi connectivity index (χ4v) is 6.58. The van der Waals surface area contributed by atoms with Crippen molar-refractivity contribution in [1.29, 1.82) is 0 Å². The van der Waals surface area contributed by atoms with Crippen molar-refractivity contribution in [3.63, 3.8) is 0 Å². The van der Waals surface area contributed by atoms with Gasteiger partial charge >= 0.3 is 19.8 Å². The number of carbonyl (C=O) groups excluding carboxylic acids is 2. The Balaban J connectivity index is 4.53. The normalized spacial score (nSPS) is 14.7. The summed E-state index contributed by atoms with van der Waals surface area (Å²) in [5.41, 5.74) is 0. The molecule has 60 heavy (non-hydrogen) atoms. The molecule has 346 valence electrons. The van der Waals surface area contributed by atoms with Crippen molar-refractivity contribution in [3.8, 4) is 0 Å². The Bertz CT molecular complexity index is 1270. The lowest BCUT2D eigenvalue weighted by Crippen LogP contribution is -2.37. The molecule has 0 aliphatic heterocycles. The van der Waals surface area contributed by atoms with E-state index in [2.05, 4.69) is 43.0 Å². The highest BCUT2D eigenvalue weighted by Gasteiger charge is 2.27. The van der Waals surface area contributed by atoms with Crippen LogP contribution >= 0.6 is 7.82 Å². The van der Waals surface area contributed by atoms with Gasteiger partial charge in [-0.15, -0.1) is 0 Å². The standard InChI is InChI=1S/C48H84NO10P/c1-6-8-10-11-12-13-14-15-16-19-22-25-28-31-35-39-47(50)55-43-46(44-57-60(53,54)56-42-41-49(3,4)5)58-48(51)40-36-32-29-26-23-20-17-18-21-24-27-30-34-38-45(59-52)37-33-9-7-2/h9,18,20-21,23,27,29-30,32-34,38,45-46H,6-8,10-17,19,22,24-26,28,31,35-37,39-44H2,1-5H3,(H-,52,53,54)/p+1/b21-18-,23-20-,30-27-,32-29-,33-9-,38-34+/t45?,46-/m1/s1. The first-order chi connectivity index (χ1) is 28.9. The predicted octanol–water partition coefficient (Wildman–Crippen LogP) is 12.5. The van der Waals surface area contributed by atoms with E-state index in [0.29, 0.717) is 23.9 Å². The van der Waals surface area contributed by atoms with Crippen LogP contribution in [0.1, 0.15) is 162 Å². The highest BCUT2D eigenvalue weighted by Crippen LogP contribution is 2.43. The molecule has 0 saturated carbocycles. The lowest BCUT2D eigenvalue weighted by molar-refractivity contribution is -0.870. The van der Waals surface area contributed by atoms with E-state index < -0.39 is 32.5 Å². The first kappa shape index (κ1) is 57.4. The molecule has 2 N–H and O–H groups in total. The number of esters is 2. The number of hydrogen-bond donors (Lipinski definition) is 2. The molecular weight excluding hydrogens is 781 g/mol. The summed E-state index contributed by atoms with van der Waals surface area (Å²) in [5.74, 6) is -0.926. The maximum atomic E-state index is 12.7. The van der Waals surface area contributed by atoms with Crippen molar-refractivity contribution in [2.45, 2.75) is 174 Å². The van der Waals surface area contributed by atoms with Crippen LogP contribution in [-0.4, -0.2) is 86.3 Å². The van der Waals surface area contributed by atoms with Gasteiger partial charge in [0.1, 0.15) is 25.9 Å². The number of allylic oxidation sites excluding steroid dienone is 10. The molecule has 0 aliphatic carbocycles. The molecule has 0 aromatic carbocycles. The van der Waals surface area contributed by atoms with Gasteiger partial charge in [0.15, 0.2) is 6.10 Å². The summed E-state index contributed by atoms with van der Waals surface area (Å²) in [6, 6.07) is 0. The average Bonchev–Trinajstić information content (AvgIpc) is 3.20. The van der Waals surface area contributed by atoms with E-state index in [1.54, 1.807) is 0 Å². The number of rotatable bonds is 41. The van der Waals surface area contributed by atoms with Gasteiger partial charge in [0.05, 0.1) is 27.7 Å². The minimum atomic E-state index is -4.41. The van der Waals surface area contributed by atoms with Crippen LogP contribution in [0, 0.1) is 0 Å². The zero-order valence-corrected chi connectivity index (χ0v) is 39.1. The molecule has 12 heteroatoms. The first-order valence-electron chi connectivity index (χ1n) is 22.9. The summed E-state index contributed by atoms with van der Waals surface area (Å²) in [4.78, 5) is 39.8. The van der Waals surface area contributed by atoms with Gasteiger partial charge in [0.25, 0.3) is 0 Å². The topological polar surface area (TPSA) is 138 Å². The van der Waals surface area contributed by atoms with Crippen molar-refractivity contribution in [3.05, 3.63) is 72.9 Å². The van der Waals surface area contributed by atoms with Crippen molar-refractivity contribution >= 4 is 19.8 Å². The van der Waals surface area contributed by atoms with E-state index in [1.165, 1.54) is 77.0 Å². The Kier molecular flexibility index (Phi) is 38.7. The third-order valence-corrected chi connectivity index (χ3v) is 10.4. The summed E-state index contributed by atoms with van der Waals surface area (Å²) in [6.45, 7) is 4.08. The molecule has 0 radical (unpaired) electrons. The third kappa shape index (κ3) is 42.1. The Morgan fingerprint density at radius 3 is 1.73 bits per heavy atom.